The lowest BCUT2D eigenvalue weighted by Crippen LogP contribution is -1.82. The van der Waals surface area contributed by atoms with Crippen LogP contribution < -0.4 is 0 Å². The van der Waals surface area contributed by atoms with E-state index in [0.717, 1.165) is 25.7 Å². The van der Waals surface area contributed by atoms with Gasteiger partial charge in [-0.05, 0) is 49.0 Å². The maximum Gasteiger partial charge on any atom is 0.0464 e. The molecule has 1 heterocycles. The van der Waals surface area contributed by atoms with E-state index in [4.69, 9.17) is 0 Å². The highest BCUT2D eigenvalue weighted by atomic mass is 14.7. The number of hydrogen-bond acceptors (Lipinski definition) is 0. The Kier molecular flexibility index (Phi) is 5.10. The summed E-state index contributed by atoms with van der Waals surface area (Å²) in [6.45, 7) is 3.73. The summed E-state index contributed by atoms with van der Waals surface area (Å²) in [5.41, 5.74) is 5.21. The molecule has 1 nitrogen and oxygen atoms in total. The van der Waals surface area contributed by atoms with E-state index in [2.05, 4.69) is 78.4 Å². The maximum absolute atomic E-state index is 3.73. The average Bonchev–Trinajstić information content (AvgIpc) is 2.74. The molecule has 0 amide bonds. The zero-order valence-corrected chi connectivity index (χ0v) is 13.5. The lowest BCUT2D eigenvalue weighted by Gasteiger charge is -1.99. The van der Waals surface area contributed by atoms with Crippen LogP contribution in [0, 0.1) is 0 Å². The summed E-state index contributed by atoms with van der Waals surface area (Å²) in [6.07, 6.45) is 23.2. The molecule has 1 aromatic carbocycles. The fourth-order valence-corrected chi connectivity index (χ4v) is 2.90. The van der Waals surface area contributed by atoms with Crippen molar-refractivity contribution in [2.24, 2.45) is 0 Å². The minimum absolute atomic E-state index is 0.959. The van der Waals surface area contributed by atoms with Crippen molar-refractivity contribution in [3.63, 3.8) is 0 Å². The van der Waals surface area contributed by atoms with Crippen molar-refractivity contribution in [3.05, 3.63) is 90.2 Å². The van der Waals surface area contributed by atoms with Crippen LogP contribution in [-0.4, -0.2) is 4.98 Å². The fraction of sp³-hybridized carbons (Fsp3) is 0.182. The van der Waals surface area contributed by atoms with Crippen molar-refractivity contribution in [1.82, 2.24) is 4.98 Å². The second kappa shape index (κ2) is 7.64. The Hall–Kier alpha value is -2.54. The van der Waals surface area contributed by atoms with E-state index in [-0.39, 0.29) is 0 Å². The molecule has 1 aliphatic rings. The molecule has 1 N–H and O–H groups in total. The average molecular weight is 301 g/mol. The number of H-pyrrole nitrogens is 1. The van der Waals surface area contributed by atoms with Crippen LogP contribution >= 0.6 is 0 Å². The molecule has 1 heteroatoms. The van der Waals surface area contributed by atoms with Crippen molar-refractivity contribution in [3.8, 4) is 0 Å². The van der Waals surface area contributed by atoms with E-state index in [1.54, 1.807) is 0 Å². The molecule has 0 saturated heterocycles. The molecule has 1 aliphatic carbocycles. The number of aromatic nitrogens is 1. The first kappa shape index (κ1) is 15.4. The second-order valence-electron chi connectivity index (χ2n) is 5.82. The van der Waals surface area contributed by atoms with Gasteiger partial charge in [0, 0.05) is 16.6 Å². The molecule has 0 aliphatic heterocycles. The molecule has 0 fully saturated rings. The SMILES string of the molecule is C=CCC/C=C\C=C/Cc1ccc2c3c([nH]c2c1)C=CC=CC3. The van der Waals surface area contributed by atoms with Crippen LogP contribution in [0.5, 0.6) is 0 Å². The Morgan fingerprint density at radius 1 is 1.09 bits per heavy atom. The maximum atomic E-state index is 3.73. The molecule has 2 aromatic rings. The van der Waals surface area contributed by atoms with Crippen molar-refractivity contribution in [2.75, 3.05) is 0 Å². The molecular formula is C22H23N. The lowest BCUT2D eigenvalue weighted by molar-refractivity contribution is 1.06. The first-order valence-corrected chi connectivity index (χ1v) is 8.28. The summed E-state index contributed by atoms with van der Waals surface area (Å²) in [5, 5.41) is 1.34. The van der Waals surface area contributed by atoms with Gasteiger partial charge in [-0.2, -0.15) is 0 Å². The van der Waals surface area contributed by atoms with Gasteiger partial charge in [0.2, 0.25) is 0 Å². The number of hydrogen-bond donors (Lipinski definition) is 1. The lowest BCUT2D eigenvalue weighted by atomic mass is 10.0. The molecule has 0 bridgehead atoms. The first-order valence-electron chi connectivity index (χ1n) is 8.28. The molecule has 3 rings (SSSR count). The zero-order chi connectivity index (χ0) is 15.9. The molecule has 1 aromatic heterocycles. The van der Waals surface area contributed by atoms with Crippen molar-refractivity contribution in [1.29, 1.82) is 0 Å². The summed E-state index contributed by atoms with van der Waals surface area (Å²) in [6, 6.07) is 6.76. The van der Waals surface area contributed by atoms with Crippen molar-refractivity contribution < 1.29 is 0 Å². The number of fused-ring (bicyclic) bond motifs is 3. The number of benzene rings is 1. The summed E-state index contributed by atoms with van der Waals surface area (Å²) in [7, 11) is 0. The highest BCUT2D eigenvalue weighted by Gasteiger charge is 2.09. The van der Waals surface area contributed by atoms with Crippen LogP contribution in [0.1, 0.15) is 29.7 Å². The van der Waals surface area contributed by atoms with Gasteiger partial charge in [-0.25, -0.2) is 0 Å². The van der Waals surface area contributed by atoms with Gasteiger partial charge in [0.05, 0.1) is 0 Å². The molecule has 0 saturated carbocycles. The Morgan fingerprint density at radius 3 is 2.91 bits per heavy atom. The first-order chi connectivity index (χ1) is 11.4. The minimum atomic E-state index is 0.959. The Balaban J connectivity index is 1.70. The topological polar surface area (TPSA) is 15.8 Å². The smallest absolute Gasteiger partial charge is 0.0464 e. The third kappa shape index (κ3) is 3.81. The summed E-state index contributed by atoms with van der Waals surface area (Å²) in [5.74, 6) is 0. The highest BCUT2D eigenvalue weighted by molar-refractivity contribution is 5.88. The quantitative estimate of drug-likeness (QED) is 0.387. The zero-order valence-electron chi connectivity index (χ0n) is 13.5. The molecule has 0 radical (unpaired) electrons. The molecule has 0 unspecified atom stereocenters. The van der Waals surface area contributed by atoms with Crippen LogP contribution in [0.2, 0.25) is 0 Å². The van der Waals surface area contributed by atoms with Gasteiger partial charge in [-0.3, -0.25) is 0 Å². The second-order valence-corrected chi connectivity index (χ2v) is 5.82. The van der Waals surface area contributed by atoms with Gasteiger partial charge < -0.3 is 4.98 Å². The predicted molar refractivity (Wildman–Crippen MR) is 102 cm³/mol. The Bertz CT molecular complexity index is 797. The highest BCUT2D eigenvalue weighted by Crippen LogP contribution is 2.26. The van der Waals surface area contributed by atoms with Gasteiger partial charge >= 0.3 is 0 Å². The standard InChI is InChI=1S/C22H23N/c1-2-3-4-5-6-7-9-12-18-15-16-20-19-13-10-8-11-14-21(19)23-22(20)17-18/h2,5-11,14-17,23H,1,3-4,12-13H2/b6-5-,9-7-. The summed E-state index contributed by atoms with van der Waals surface area (Å²) in [4.78, 5) is 3.55. The molecule has 116 valence electrons. The third-order valence-electron chi connectivity index (χ3n) is 4.11. The summed E-state index contributed by atoms with van der Waals surface area (Å²) < 4.78 is 0. The molecular weight excluding hydrogens is 278 g/mol. The van der Waals surface area contributed by atoms with Crippen LogP contribution in [-0.2, 0) is 12.8 Å². The monoisotopic (exact) mass is 301 g/mol. The number of allylic oxidation sites excluding steroid dienone is 8. The molecule has 0 spiro atoms. The van der Waals surface area contributed by atoms with Crippen LogP contribution in [0.25, 0.3) is 17.0 Å². The Labute approximate surface area is 138 Å². The van der Waals surface area contributed by atoms with Gasteiger partial charge in [0.25, 0.3) is 0 Å². The van der Waals surface area contributed by atoms with Gasteiger partial charge in [-0.1, -0.05) is 60.7 Å². The van der Waals surface area contributed by atoms with E-state index >= 15 is 0 Å². The van der Waals surface area contributed by atoms with Crippen molar-refractivity contribution in [2.45, 2.75) is 25.7 Å². The molecule has 0 atom stereocenters. The molecule has 23 heavy (non-hydrogen) atoms. The largest absolute Gasteiger partial charge is 0.355 e. The summed E-state index contributed by atoms with van der Waals surface area (Å²) >= 11 is 0. The van der Waals surface area contributed by atoms with Gasteiger partial charge in [0.15, 0.2) is 0 Å². The van der Waals surface area contributed by atoms with E-state index in [1.165, 1.54) is 27.7 Å². The number of aromatic amines is 1. The normalized spacial score (nSPS) is 13.9. The van der Waals surface area contributed by atoms with E-state index in [9.17, 15) is 0 Å². The van der Waals surface area contributed by atoms with E-state index in [1.807, 2.05) is 6.08 Å². The number of nitrogens with one attached hydrogen (secondary N) is 1. The number of rotatable bonds is 6. The van der Waals surface area contributed by atoms with E-state index in [0.29, 0.717) is 0 Å². The predicted octanol–water partition coefficient (Wildman–Crippen LogP) is 5.91. The van der Waals surface area contributed by atoms with Gasteiger partial charge in [0.1, 0.15) is 0 Å². The third-order valence-corrected chi connectivity index (χ3v) is 4.11. The van der Waals surface area contributed by atoms with Crippen LogP contribution in [0.3, 0.4) is 0 Å². The van der Waals surface area contributed by atoms with Crippen LogP contribution in [0.4, 0.5) is 0 Å². The van der Waals surface area contributed by atoms with Crippen LogP contribution in [0.15, 0.2) is 73.4 Å². The van der Waals surface area contributed by atoms with E-state index < -0.39 is 0 Å². The number of unbranched alkanes of at least 4 members (excludes halogenated alkanes) is 1. The van der Waals surface area contributed by atoms with Crippen molar-refractivity contribution >= 4 is 17.0 Å². The minimum Gasteiger partial charge on any atom is -0.355 e. The van der Waals surface area contributed by atoms with Gasteiger partial charge in [-0.15, -0.1) is 6.58 Å². The fourth-order valence-electron chi connectivity index (χ4n) is 2.90. The Morgan fingerprint density at radius 2 is 2.00 bits per heavy atom.